The third-order valence-corrected chi connectivity index (χ3v) is 5.08. The number of rotatable bonds is 6. The van der Waals surface area contributed by atoms with Crippen LogP contribution in [0.3, 0.4) is 0 Å². The molecule has 4 nitrogen and oxygen atoms in total. The molecule has 1 aromatic rings. The smallest absolute Gasteiger partial charge is 0.162 e. The lowest BCUT2D eigenvalue weighted by atomic mass is 9.95. The first-order chi connectivity index (χ1) is 9.11. The predicted molar refractivity (Wildman–Crippen MR) is 85.5 cm³/mol. The molecule has 0 amide bonds. The summed E-state index contributed by atoms with van der Waals surface area (Å²) in [6.07, 6.45) is 4.25. The van der Waals surface area contributed by atoms with Crippen LogP contribution in [-0.4, -0.2) is 24.1 Å². The van der Waals surface area contributed by atoms with E-state index < -0.39 is 0 Å². The van der Waals surface area contributed by atoms with Crippen molar-refractivity contribution in [2.45, 2.75) is 51.0 Å². The summed E-state index contributed by atoms with van der Waals surface area (Å²) in [5.74, 6) is 2.37. The summed E-state index contributed by atoms with van der Waals surface area (Å²) in [7, 11) is 3.67. The van der Waals surface area contributed by atoms with Crippen molar-refractivity contribution >= 4 is 28.4 Å². The first-order valence-electron chi connectivity index (χ1n) is 6.92. The third kappa shape index (κ3) is 2.72. The van der Waals surface area contributed by atoms with Crippen molar-refractivity contribution < 1.29 is 4.74 Å². The van der Waals surface area contributed by atoms with E-state index in [2.05, 4.69) is 41.8 Å². The van der Waals surface area contributed by atoms with E-state index in [9.17, 15) is 0 Å². The fourth-order valence-electron chi connectivity index (χ4n) is 2.41. The zero-order chi connectivity index (χ0) is 14.0. The molecule has 1 fully saturated rings. The molecule has 1 N–H and O–H groups in total. The molecule has 0 spiro atoms. The zero-order valence-corrected chi connectivity index (χ0v) is 14.2. The van der Waals surface area contributed by atoms with Gasteiger partial charge in [0.1, 0.15) is 11.4 Å². The summed E-state index contributed by atoms with van der Waals surface area (Å²) >= 11 is 2.35. The van der Waals surface area contributed by atoms with Gasteiger partial charge in [0.25, 0.3) is 0 Å². The molecule has 1 aliphatic rings. The van der Waals surface area contributed by atoms with Crippen molar-refractivity contribution in [2.24, 2.45) is 0 Å². The van der Waals surface area contributed by atoms with E-state index in [1.165, 1.54) is 18.5 Å². The number of methoxy groups -OCH3 is 1. The Morgan fingerprint density at radius 3 is 2.37 bits per heavy atom. The molecule has 0 bridgehead atoms. The Labute approximate surface area is 128 Å². The van der Waals surface area contributed by atoms with E-state index in [1.807, 2.05) is 7.05 Å². The molecule has 1 aliphatic carbocycles. The van der Waals surface area contributed by atoms with E-state index >= 15 is 0 Å². The van der Waals surface area contributed by atoms with Crippen molar-refractivity contribution in [3.8, 4) is 0 Å². The lowest BCUT2D eigenvalue weighted by molar-refractivity contribution is -0.0292. The van der Waals surface area contributed by atoms with E-state index in [-0.39, 0.29) is 5.60 Å². The van der Waals surface area contributed by atoms with Crippen molar-refractivity contribution in [3.63, 3.8) is 0 Å². The van der Waals surface area contributed by atoms with Gasteiger partial charge in [0, 0.05) is 20.1 Å². The van der Waals surface area contributed by atoms with Gasteiger partial charge in [-0.15, -0.1) is 0 Å². The summed E-state index contributed by atoms with van der Waals surface area (Å²) in [5.41, 5.74) is 0.831. The van der Waals surface area contributed by atoms with Gasteiger partial charge in [0.2, 0.25) is 0 Å². The second-order valence-electron chi connectivity index (χ2n) is 5.02. The van der Waals surface area contributed by atoms with Gasteiger partial charge in [0.15, 0.2) is 5.82 Å². The summed E-state index contributed by atoms with van der Waals surface area (Å²) in [5, 5.41) is 3.19. The summed E-state index contributed by atoms with van der Waals surface area (Å²) in [6, 6.07) is 0. The highest BCUT2D eigenvalue weighted by molar-refractivity contribution is 14.1. The molecule has 0 unspecified atom stereocenters. The quantitative estimate of drug-likeness (QED) is 0.771. The first-order valence-corrected chi connectivity index (χ1v) is 8.00. The van der Waals surface area contributed by atoms with Crippen molar-refractivity contribution in [1.82, 2.24) is 9.97 Å². The number of aromatic nitrogens is 2. The normalized spacial score (nSPS) is 15.6. The van der Waals surface area contributed by atoms with Crippen LogP contribution in [-0.2, 0) is 10.3 Å². The second-order valence-corrected chi connectivity index (χ2v) is 6.10. The van der Waals surface area contributed by atoms with Crippen molar-refractivity contribution in [1.29, 1.82) is 0 Å². The number of nitrogens with zero attached hydrogens (tertiary/aromatic N) is 2. The van der Waals surface area contributed by atoms with Crippen LogP contribution in [0.25, 0.3) is 0 Å². The summed E-state index contributed by atoms with van der Waals surface area (Å²) < 4.78 is 6.92. The fraction of sp³-hybridized carbons (Fsp3) is 0.714. The average molecular weight is 375 g/mol. The molecule has 0 aliphatic heterocycles. The zero-order valence-electron chi connectivity index (χ0n) is 12.1. The van der Waals surface area contributed by atoms with Crippen LogP contribution in [0.1, 0.15) is 57.0 Å². The number of nitrogens with one attached hydrogen (secondary N) is 1. The van der Waals surface area contributed by atoms with Crippen molar-refractivity contribution in [3.05, 3.63) is 15.1 Å². The van der Waals surface area contributed by atoms with Crippen LogP contribution in [0.5, 0.6) is 0 Å². The third-order valence-electron chi connectivity index (χ3n) is 4.02. The minimum Gasteiger partial charge on any atom is -0.372 e. The number of hydrogen-bond donors (Lipinski definition) is 1. The van der Waals surface area contributed by atoms with Crippen LogP contribution < -0.4 is 5.32 Å². The molecule has 2 rings (SSSR count). The van der Waals surface area contributed by atoms with Crippen LogP contribution in [0.15, 0.2) is 0 Å². The highest BCUT2D eigenvalue weighted by atomic mass is 127. The van der Waals surface area contributed by atoms with Gasteiger partial charge in [0.05, 0.1) is 9.26 Å². The number of anilines is 1. The Bertz CT molecular complexity index is 448. The average Bonchev–Trinajstić information content (AvgIpc) is 3.27. The molecule has 1 saturated carbocycles. The molecule has 1 heterocycles. The topological polar surface area (TPSA) is 47.0 Å². The van der Waals surface area contributed by atoms with Gasteiger partial charge in [-0.2, -0.15) is 0 Å². The van der Waals surface area contributed by atoms with E-state index in [4.69, 9.17) is 14.7 Å². The van der Waals surface area contributed by atoms with Crippen LogP contribution in [0, 0.1) is 3.57 Å². The Morgan fingerprint density at radius 1 is 1.32 bits per heavy atom. The minimum absolute atomic E-state index is 0.362. The lowest BCUT2D eigenvalue weighted by Crippen LogP contribution is -2.30. The molecule has 1 aromatic heterocycles. The lowest BCUT2D eigenvalue weighted by Gasteiger charge is -2.29. The van der Waals surface area contributed by atoms with Gasteiger partial charge >= 0.3 is 0 Å². The van der Waals surface area contributed by atoms with Gasteiger partial charge in [-0.3, -0.25) is 0 Å². The molecule has 0 aromatic carbocycles. The van der Waals surface area contributed by atoms with E-state index in [1.54, 1.807) is 7.11 Å². The highest BCUT2D eigenvalue weighted by Gasteiger charge is 2.35. The Morgan fingerprint density at radius 2 is 1.95 bits per heavy atom. The summed E-state index contributed by atoms with van der Waals surface area (Å²) in [4.78, 5) is 9.54. The van der Waals surface area contributed by atoms with Gasteiger partial charge in [-0.1, -0.05) is 13.8 Å². The molecule has 0 radical (unpaired) electrons. The largest absolute Gasteiger partial charge is 0.372 e. The molecule has 0 saturated heterocycles. The number of ether oxygens (including phenoxy) is 1. The molecular formula is C14H22IN3O. The standard InChI is InChI=1S/C14H22IN3O/c1-5-14(6-2,19-4)13-17-11(9-7-8-9)10(15)12(16-3)18-13/h9H,5-8H2,1-4H3,(H,16,17,18). The molecule has 19 heavy (non-hydrogen) atoms. The predicted octanol–water partition coefficient (Wildman–Crippen LogP) is 3.66. The van der Waals surface area contributed by atoms with Crippen LogP contribution in [0.4, 0.5) is 5.82 Å². The van der Waals surface area contributed by atoms with E-state index in [0.717, 1.165) is 28.1 Å². The van der Waals surface area contributed by atoms with Gasteiger partial charge in [-0.25, -0.2) is 9.97 Å². The molecular weight excluding hydrogens is 353 g/mol. The minimum atomic E-state index is -0.362. The highest BCUT2D eigenvalue weighted by Crippen LogP contribution is 2.43. The Kier molecular flexibility index (Phi) is 4.66. The SMILES string of the molecule is CCC(CC)(OC)c1nc(NC)c(I)c(C2CC2)n1. The van der Waals surface area contributed by atoms with Gasteiger partial charge < -0.3 is 10.1 Å². The van der Waals surface area contributed by atoms with Crippen molar-refractivity contribution in [2.75, 3.05) is 19.5 Å². The van der Waals surface area contributed by atoms with Gasteiger partial charge in [-0.05, 0) is 48.3 Å². The number of halogens is 1. The molecule has 106 valence electrons. The maximum Gasteiger partial charge on any atom is 0.162 e. The van der Waals surface area contributed by atoms with Crippen LogP contribution in [0.2, 0.25) is 0 Å². The first kappa shape index (κ1) is 15.0. The Hall–Kier alpha value is -0.430. The van der Waals surface area contributed by atoms with Crippen LogP contribution >= 0.6 is 22.6 Å². The number of hydrogen-bond acceptors (Lipinski definition) is 4. The summed E-state index contributed by atoms with van der Waals surface area (Å²) in [6.45, 7) is 4.26. The maximum atomic E-state index is 5.76. The Balaban J connectivity index is 2.53. The second kappa shape index (κ2) is 5.91. The fourth-order valence-corrected chi connectivity index (χ4v) is 3.36. The monoisotopic (exact) mass is 375 g/mol. The molecule has 0 atom stereocenters. The maximum absolute atomic E-state index is 5.76. The van der Waals surface area contributed by atoms with E-state index in [0.29, 0.717) is 5.92 Å². The molecule has 5 heteroatoms.